The summed E-state index contributed by atoms with van der Waals surface area (Å²) in [4.78, 5) is 2.52. The fourth-order valence-corrected chi connectivity index (χ4v) is 4.45. The molecule has 1 unspecified atom stereocenters. The van der Waals surface area contributed by atoms with Gasteiger partial charge in [0.2, 0.25) is 0 Å². The normalized spacial score (nSPS) is 36.9. The first-order valence-corrected chi connectivity index (χ1v) is 8.36. The number of β-amino-alcohol motifs (C(OH)–C–C–N with tert-alkyl or cyclic N) is 1. The summed E-state index contributed by atoms with van der Waals surface area (Å²) in [6.45, 7) is 2.64. The molecule has 0 spiro atoms. The molecule has 19 heavy (non-hydrogen) atoms. The number of hydrogen-bond donors (Lipinski definition) is 2. The van der Waals surface area contributed by atoms with Crippen LogP contribution in [-0.2, 0) is 0 Å². The number of likely N-dealkylation sites (tertiary alicyclic amines) is 1. The summed E-state index contributed by atoms with van der Waals surface area (Å²) in [5.74, 6) is 0. The zero-order chi connectivity index (χ0) is 13.3. The van der Waals surface area contributed by atoms with Gasteiger partial charge in [-0.15, -0.1) is 0 Å². The Balaban J connectivity index is 1.74. The Bertz CT molecular complexity index is 308. The number of aliphatic hydroxyl groups is 1. The highest BCUT2D eigenvalue weighted by Crippen LogP contribution is 2.48. The molecule has 0 radical (unpaired) electrons. The minimum Gasteiger partial charge on any atom is -0.388 e. The van der Waals surface area contributed by atoms with Crippen molar-refractivity contribution >= 4 is 0 Å². The van der Waals surface area contributed by atoms with Gasteiger partial charge in [-0.3, -0.25) is 4.90 Å². The van der Waals surface area contributed by atoms with Gasteiger partial charge in [-0.1, -0.05) is 32.1 Å². The van der Waals surface area contributed by atoms with Crippen LogP contribution in [0.3, 0.4) is 0 Å². The fourth-order valence-electron chi connectivity index (χ4n) is 4.45. The van der Waals surface area contributed by atoms with Crippen LogP contribution < -0.4 is 5.73 Å². The molecule has 0 aromatic heterocycles. The molecule has 3 aliphatic rings. The minimum atomic E-state index is -0.512. The molecule has 0 aromatic carbocycles. The van der Waals surface area contributed by atoms with Gasteiger partial charge < -0.3 is 10.8 Å². The Kier molecular flexibility index (Phi) is 3.89. The van der Waals surface area contributed by atoms with Gasteiger partial charge in [-0.05, 0) is 32.1 Å². The maximum absolute atomic E-state index is 11.3. The van der Waals surface area contributed by atoms with Crippen molar-refractivity contribution in [2.24, 2.45) is 11.1 Å². The molecule has 2 aliphatic carbocycles. The van der Waals surface area contributed by atoms with Crippen molar-refractivity contribution in [1.82, 2.24) is 4.90 Å². The van der Waals surface area contributed by atoms with Crippen molar-refractivity contribution in [3.8, 4) is 0 Å². The van der Waals surface area contributed by atoms with E-state index in [9.17, 15) is 5.11 Å². The highest BCUT2D eigenvalue weighted by molar-refractivity contribution is 5.07. The molecular weight excluding hydrogens is 236 g/mol. The molecule has 3 heteroatoms. The van der Waals surface area contributed by atoms with Gasteiger partial charge in [0.15, 0.2) is 0 Å². The molecule has 0 bridgehead atoms. The van der Waals surface area contributed by atoms with Crippen LogP contribution in [0, 0.1) is 5.41 Å². The molecule has 3 rings (SSSR count). The Morgan fingerprint density at radius 2 is 1.63 bits per heavy atom. The van der Waals surface area contributed by atoms with Crippen molar-refractivity contribution in [2.75, 3.05) is 19.6 Å². The molecule has 1 aliphatic heterocycles. The van der Waals surface area contributed by atoms with E-state index >= 15 is 0 Å². The number of rotatable bonds is 3. The topological polar surface area (TPSA) is 49.5 Å². The lowest BCUT2D eigenvalue weighted by Gasteiger charge is -2.46. The lowest BCUT2D eigenvalue weighted by molar-refractivity contribution is -0.0853. The van der Waals surface area contributed by atoms with Gasteiger partial charge in [0.05, 0.1) is 5.60 Å². The first kappa shape index (κ1) is 13.8. The van der Waals surface area contributed by atoms with Crippen LogP contribution >= 0.6 is 0 Å². The SMILES string of the molecule is NCC1(C2(O)CCN(C3CC3)C2)CCCCCCC1. The molecular formula is C16H30N2O. The molecule has 3 N–H and O–H groups in total. The standard InChI is InChI=1S/C16H30N2O/c17-12-15(8-4-2-1-3-5-9-15)16(19)10-11-18(13-16)14-6-7-14/h14,19H,1-13,17H2. The maximum atomic E-state index is 11.3. The molecule has 1 saturated heterocycles. The minimum absolute atomic E-state index is 0.00292. The molecule has 0 aromatic rings. The monoisotopic (exact) mass is 266 g/mol. The molecule has 2 saturated carbocycles. The van der Waals surface area contributed by atoms with E-state index in [0.29, 0.717) is 6.54 Å². The first-order chi connectivity index (χ1) is 9.19. The van der Waals surface area contributed by atoms with Crippen molar-refractivity contribution in [3.05, 3.63) is 0 Å². The third kappa shape index (κ3) is 2.57. The summed E-state index contributed by atoms with van der Waals surface area (Å²) in [6, 6.07) is 0.775. The Morgan fingerprint density at radius 3 is 2.21 bits per heavy atom. The van der Waals surface area contributed by atoms with Crippen LogP contribution in [0.25, 0.3) is 0 Å². The van der Waals surface area contributed by atoms with E-state index in [1.165, 1.54) is 44.9 Å². The zero-order valence-electron chi connectivity index (χ0n) is 12.2. The van der Waals surface area contributed by atoms with E-state index in [2.05, 4.69) is 4.90 Å². The van der Waals surface area contributed by atoms with Crippen molar-refractivity contribution in [2.45, 2.75) is 75.9 Å². The van der Waals surface area contributed by atoms with E-state index < -0.39 is 5.60 Å². The van der Waals surface area contributed by atoms with Crippen LogP contribution in [0.4, 0.5) is 0 Å². The maximum Gasteiger partial charge on any atom is 0.0854 e. The van der Waals surface area contributed by atoms with Crippen molar-refractivity contribution in [1.29, 1.82) is 0 Å². The van der Waals surface area contributed by atoms with Crippen LogP contribution in [0.2, 0.25) is 0 Å². The van der Waals surface area contributed by atoms with Gasteiger partial charge in [0.25, 0.3) is 0 Å². The number of nitrogens with two attached hydrogens (primary N) is 1. The van der Waals surface area contributed by atoms with Crippen LogP contribution in [0.1, 0.15) is 64.2 Å². The first-order valence-electron chi connectivity index (χ1n) is 8.36. The molecule has 3 nitrogen and oxygen atoms in total. The quantitative estimate of drug-likeness (QED) is 0.824. The predicted molar refractivity (Wildman–Crippen MR) is 78.0 cm³/mol. The second kappa shape index (κ2) is 5.34. The summed E-state index contributed by atoms with van der Waals surface area (Å²) in [5, 5.41) is 11.3. The predicted octanol–water partition coefficient (Wildman–Crippen LogP) is 2.27. The average Bonchev–Trinajstić information content (AvgIpc) is 3.14. The summed E-state index contributed by atoms with van der Waals surface area (Å²) < 4.78 is 0. The lowest BCUT2D eigenvalue weighted by Crippen LogP contribution is -2.54. The van der Waals surface area contributed by atoms with Crippen molar-refractivity contribution < 1.29 is 5.11 Å². The lowest BCUT2D eigenvalue weighted by atomic mass is 9.64. The van der Waals surface area contributed by atoms with Gasteiger partial charge in [-0.25, -0.2) is 0 Å². The van der Waals surface area contributed by atoms with E-state index in [4.69, 9.17) is 5.73 Å². The van der Waals surface area contributed by atoms with Crippen LogP contribution in [0.15, 0.2) is 0 Å². The van der Waals surface area contributed by atoms with E-state index in [0.717, 1.165) is 38.4 Å². The fraction of sp³-hybridized carbons (Fsp3) is 1.00. The highest BCUT2D eigenvalue weighted by Gasteiger charge is 2.53. The highest BCUT2D eigenvalue weighted by atomic mass is 16.3. The number of hydrogen-bond acceptors (Lipinski definition) is 3. The third-order valence-electron chi connectivity index (χ3n) is 6.03. The van der Waals surface area contributed by atoms with Gasteiger partial charge >= 0.3 is 0 Å². The Morgan fingerprint density at radius 1 is 1.00 bits per heavy atom. The molecule has 0 amide bonds. The van der Waals surface area contributed by atoms with E-state index in [1.54, 1.807) is 0 Å². The molecule has 3 fully saturated rings. The van der Waals surface area contributed by atoms with Crippen LogP contribution in [-0.4, -0.2) is 41.3 Å². The Hall–Kier alpha value is -0.120. The second-order valence-corrected chi connectivity index (χ2v) is 7.24. The van der Waals surface area contributed by atoms with Crippen LogP contribution in [0.5, 0.6) is 0 Å². The van der Waals surface area contributed by atoms with Gasteiger partial charge in [0, 0.05) is 31.1 Å². The Labute approximate surface area is 117 Å². The molecule has 110 valence electrons. The third-order valence-corrected chi connectivity index (χ3v) is 6.03. The summed E-state index contributed by atoms with van der Waals surface area (Å²) in [5.41, 5.74) is 5.67. The molecule has 1 atom stereocenters. The smallest absolute Gasteiger partial charge is 0.0854 e. The summed E-state index contributed by atoms with van der Waals surface area (Å²) in [6.07, 6.45) is 12.4. The zero-order valence-corrected chi connectivity index (χ0v) is 12.2. The molecule has 1 heterocycles. The van der Waals surface area contributed by atoms with E-state index in [-0.39, 0.29) is 5.41 Å². The van der Waals surface area contributed by atoms with Gasteiger partial charge in [-0.2, -0.15) is 0 Å². The summed E-state index contributed by atoms with van der Waals surface area (Å²) in [7, 11) is 0. The summed E-state index contributed by atoms with van der Waals surface area (Å²) >= 11 is 0. The average molecular weight is 266 g/mol. The van der Waals surface area contributed by atoms with Crippen molar-refractivity contribution in [3.63, 3.8) is 0 Å². The second-order valence-electron chi connectivity index (χ2n) is 7.24. The van der Waals surface area contributed by atoms with E-state index in [1.807, 2.05) is 0 Å². The number of nitrogens with zero attached hydrogens (tertiary/aromatic N) is 1. The largest absolute Gasteiger partial charge is 0.388 e. The van der Waals surface area contributed by atoms with Gasteiger partial charge in [0.1, 0.15) is 0 Å².